The van der Waals surface area contributed by atoms with Crippen molar-refractivity contribution >= 4 is 23.2 Å². The van der Waals surface area contributed by atoms with E-state index in [4.69, 9.17) is 0 Å². The van der Waals surface area contributed by atoms with Crippen LogP contribution in [-0.2, 0) is 0 Å². The van der Waals surface area contributed by atoms with Crippen LogP contribution in [0.15, 0.2) is 83.4 Å². The van der Waals surface area contributed by atoms with Crippen molar-refractivity contribution in [1.29, 1.82) is 0 Å². The SMILES string of the molecule is CC=Nc1ccc(C(=C2C=CC([NH+](C)C)C=C2)c2ccc(N(C)C)cc2)cc1. The minimum absolute atomic E-state index is 0.419. The van der Waals surface area contributed by atoms with Gasteiger partial charge in [0.05, 0.1) is 19.8 Å². The van der Waals surface area contributed by atoms with E-state index in [0.29, 0.717) is 6.04 Å². The van der Waals surface area contributed by atoms with Crippen LogP contribution in [-0.4, -0.2) is 40.4 Å². The van der Waals surface area contributed by atoms with Gasteiger partial charge in [-0.15, -0.1) is 0 Å². The summed E-state index contributed by atoms with van der Waals surface area (Å²) in [5, 5.41) is 0. The lowest BCUT2D eigenvalue weighted by molar-refractivity contribution is -0.871. The Balaban J connectivity index is 2.08. The van der Waals surface area contributed by atoms with Crippen molar-refractivity contribution in [3.8, 4) is 0 Å². The fourth-order valence-corrected chi connectivity index (χ4v) is 3.38. The lowest BCUT2D eigenvalue weighted by atomic mass is 9.90. The van der Waals surface area contributed by atoms with Gasteiger partial charge < -0.3 is 9.80 Å². The maximum atomic E-state index is 4.38. The average molecular weight is 373 g/mol. The maximum Gasteiger partial charge on any atom is 0.125 e. The van der Waals surface area contributed by atoms with Crippen molar-refractivity contribution < 1.29 is 4.90 Å². The molecule has 0 radical (unpaired) electrons. The van der Waals surface area contributed by atoms with Crippen LogP contribution in [0.5, 0.6) is 0 Å². The molecule has 0 bridgehead atoms. The number of quaternary nitrogens is 1. The van der Waals surface area contributed by atoms with E-state index in [-0.39, 0.29) is 0 Å². The molecule has 2 aromatic rings. The van der Waals surface area contributed by atoms with Crippen LogP contribution < -0.4 is 9.80 Å². The van der Waals surface area contributed by atoms with Crippen LogP contribution in [0.2, 0.25) is 0 Å². The van der Waals surface area contributed by atoms with E-state index in [1.54, 1.807) is 0 Å². The van der Waals surface area contributed by atoms with E-state index in [2.05, 4.69) is 111 Å². The minimum Gasteiger partial charge on any atom is -0.378 e. The molecule has 0 unspecified atom stereocenters. The summed E-state index contributed by atoms with van der Waals surface area (Å²) in [5.74, 6) is 0. The quantitative estimate of drug-likeness (QED) is 0.789. The van der Waals surface area contributed by atoms with Crippen LogP contribution in [0.3, 0.4) is 0 Å². The van der Waals surface area contributed by atoms with Gasteiger partial charge >= 0.3 is 0 Å². The standard InChI is InChI=1S/C25H29N3/c1-6-26-22-13-7-19(8-14-22)25(20-9-15-23(16-10-20)27(2)3)21-11-17-24(18-12-21)28(4)5/h6-18,23H,1-5H3/p+1. The molecule has 144 valence electrons. The van der Waals surface area contributed by atoms with E-state index >= 15 is 0 Å². The van der Waals surface area contributed by atoms with Gasteiger partial charge in [-0.3, -0.25) is 4.99 Å². The van der Waals surface area contributed by atoms with Gasteiger partial charge in [0.2, 0.25) is 0 Å². The molecule has 0 aromatic heterocycles. The molecule has 0 fully saturated rings. The highest BCUT2D eigenvalue weighted by Gasteiger charge is 2.15. The molecular weight excluding hydrogens is 342 g/mol. The predicted octanol–water partition coefficient (Wildman–Crippen LogP) is 3.92. The first-order valence-corrected chi connectivity index (χ1v) is 9.77. The lowest BCUT2D eigenvalue weighted by Gasteiger charge is -2.20. The van der Waals surface area contributed by atoms with E-state index < -0.39 is 0 Å². The molecular formula is C25H30N3+. The Morgan fingerprint density at radius 1 is 0.893 bits per heavy atom. The molecule has 3 rings (SSSR count). The van der Waals surface area contributed by atoms with Gasteiger partial charge in [-0.2, -0.15) is 0 Å². The topological polar surface area (TPSA) is 20.0 Å². The summed E-state index contributed by atoms with van der Waals surface area (Å²) < 4.78 is 0. The van der Waals surface area contributed by atoms with Crippen molar-refractivity contribution in [2.45, 2.75) is 13.0 Å². The zero-order chi connectivity index (χ0) is 20.1. The van der Waals surface area contributed by atoms with Crippen molar-refractivity contribution in [3.63, 3.8) is 0 Å². The third kappa shape index (κ3) is 4.49. The number of benzene rings is 2. The maximum absolute atomic E-state index is 4.38. The Labute approximate surface area is 169 Å². The third-order valence-corrected chi connectivity index (χ3v) is 5.03. The summed E-state index contributed by atoms with van der Waals surface area (Å²) in [4.78, 5) is 7.91. The Morgan fingerprint density at radius 3 is 1.89 bits per heavy atom. The average Bonchev–Trinajstić information content (AvgIpc) is 2.70. The van der Waals surface area contributed by atoms with Crippen LogP contribution in [0.1, 0.15) is 18.1 Å². The van der Waals surface area contributed by atoms with Crippen molar-refractivity contribution in [3.05, 3.63) is 89.5 Å². The monoisotopic (exact) mass is 372 g/mol. The fourth-order valence-electron chi connectivity index (χ4n) is 3.38. The number of nitrogens with one attached hydrogen (secondary N) is 1. The fraction of sp³-hybridized carbons (Fsp3) is 0.240. The summed E-state index contributed by atoms with van der Waals surface area (Å²) in [6, 6.07) is 17.7. The number of rotatable bonds is 5. The summed E-state index contributed by atoms with van der Waals surface area (Å²) in [6.07, 6.45) is 10.9. The molecule has 0 saturated carbocycles. The first-order chi connectivity index (χ1) is 13.5. The van der Waals surface area contributed by atoms with E-state index in [0.717, 1.165) is 5.69 Å². The zero-order valence-corrected chi connectivity index (χ0v) is 17.5. The van der Waals surface area contributed by atoms with Crippen LogP contribution >= 0.6 is 0 Å². The van der Waals surface area contributed by atoms with E-state index in [1.165, 1.54) is 32.9 Å². The van der Waals surface area contributed by atoms with Crippen molar-refractivity contribution in [2.24, 2.45) is 4.99 Å². The highest BCUT2D eigenvalue weighted by atomic mass is 15.1. The van der Waals surface area contributed by atoms with E-state index in [1.807, 2.05) is 13.1 Å². The van der Waals surface area contributed by atoms with Gasteiger partial charge in [0, 0.05) is 26.0 Å². The van der Waals surface area contributed by atoms with E-state index in [9.17, 15) is 0 Å². The molecule has 2 aromatic carbocycles. The Morgan fingerprint density at radius 2 is 1.43 bits per heavy atom. The summed E-state index contributed by atoms with van der Waals surface area (Å²) >= 11 is 0. The Kier molecular flexibility index (Phi) is 6.27. The largest absolute Gasteiger partial charge is 0.378 e. The number of likely N-dealkylation sites (N-methyl/N-ethyl adjacent to an activating group) is 1. The van der Waals surface area contributed by atoms with Crippen molar-refractivity contribution in [2.75, 3.05) is 33.1 Å². The third-order valence-electron chi connectivity index (χ3n) is 5.03. The Hall–Kier alpha value is -2.91. The van der Waals surface area contributed by atoms with Crippen LogP contribution in [0, 0.1) is 0 Å². The lowest BCUT2D eigenvalue weighted by Crippen LogP contribution is -3.09. The summed E-state index contributed by atoms with van der Waals surface area (Å²) in [7, 11) is 8.50. The first kappa shape index (κ1) is 19.8. The highest BCUT2D eigenvalue weighted by molar-refractivity contribution is 5.86. The van der Waals surface area contributed by atoms with Gasteiger partial charge in [-0.1, -0.05) is 36.4 Å². The number of hydrogen-bond acceptors (Lipinski definition) is 2. The number of anilines is 1. The number of hydrogen-bond donors (Lipinski definition) is 1. The number of aliphatic imine (C=N–C) groups is 1. The molecule has 28 heavy (non-hydrogen) atoms. The number of nitrogens with zero attached hydrogens (tertiary/aromatic N) is 2. The second-order valence-corrected chi connectivity index (χ2v) is 7.53. The molecule has 0 atom stereocenters. The van der Waals surface area contributed by atoms with Crippen molar-refractivity contribution in [1.82, 2.24) is 0 Å². The Bertz CT molecular complexity index is 895. The molecule has 1 aliphatic rings. The molecule has 0 saturated heterocycles. The van der Waals surface area contributed by atoms with Crippen LogP contribution in [0.25, 0.3) is 5.57 Å². The molecule has 3 heteroatoms. The molecule has 3 nitrogen and oxygen atoms in total. The van der Waals surface area contributed by atoms with Gasteiger partial charge in [0.25, 0.3) is 0 Å². The summed E-state index contributed by atoms with van der Waals surface area (Å²) in [5.41, 5.74) is 7.08. The zero-order valence-electron chi connectivity index (χ0n) is 17.5. The second-order valence-electron chi connectivity index (χ2n) is 7.53. The summed E-state index contributed by atoms with van der Waals surface area (Å²) in [6.45, 7) is 1.94. The number of allylic oxidation sites excluding steroid dienone is 3. The molecule has 1 aliphatic carbocycles. The van der Waals surface area contributed by atoms with Crippen LogP contribution in [0.4, 0.5) is 11.4 Å². The molecule has 0 heterocycles. The minimum atomic E-state index is 0.419. The van der Waals surface area contributed by atoms with Gasteiger partial charge in [0.1, 0.15) is 6.04 Å². The normalized spacial score (nSPS) is 16.2. The molecule has 0 aliphatic heterocycles. The second kappa shape index (κ2) is 8.85. The molecule has 0 amide bonds. The predicted molar refractivity (Wildman–Crippen MR) is 122 cm³/mol. The highest BCUT2D eigenvalue weighted by Crippen LogP contribution is 2.31. The smallest absolute Gasteiger partial charge is 0.125 e. The molecule has 1 N–H and O–H groups in total. The van der Waals surface area contributed by atoms with Gasteiger partial charge in [0.15, 0.2) is 0 Å². The first-order valence-electron chi connectivity index (χ1n) is 9.77. The van der Waals surface area contributed by atoms with Gasteiger partial charge in [-0.05, 0) is 65.6 Å². The molecule has 0 spiro atoms. The van der Waals surface area contributed by atoms with Gasteiger partial charge in [-0.25, -0.2) is 0 Å².